The molecule has 3 rings (SSSR count). The molecule has 6 nitrogen and oxygen atoms in total. The Morgan fingerprint density at radius 2 is 2.11 bits per heavy atom. The van der Waals surface area contributed by atoms with E-state index in [0.29, 0.717) is 30.5 Å². The van der Waals surface area contributed by atoms with Crippen LogP contribution in [-0.2, 0) is 4.79 Å². The first-order chi connectivity index (χ1) is 13.6. The van der Waals surface area contributed by atoms with Gasteiger partial charge in [-0.3, -0.25) is 9.59 Å². The third-order valence-electron chi connectivity index (χ3n) is 4.84. The van der Waals surface area contributed by atoms with Crippen LogP contribution in [0, 0.1) is 0 Å². The Balaban J connectivity index is 1.64. The first-order valence-electron chi connectivity index (χ1n) is 9.52. The quantitative estimate of drug-likeness (QED) is 0.778. The number of ether oxygens (including phenoxy) is 1. The number of pyridine rings is 1. The number of hydrogen-bond acceptors (Lipinski definition) is 4. The molecule has 1 aliphatic rings. The number of nitrogens with one attached hydrogen (secondary N) is 1. The van der Waals surface area contributed by atoms with Gasteiger partial charge in [-0.25, -0.2) is 4.98 Å². The van der Waals surface area contributed by atoms with Crippen molar-refractivity contribution in [1.29, 1.82) is 0 Å². The minimum atomic E-state index is -0.212. The number of piperidine rings is 1. The van der Waals surface area contributed by atoms with Gasteiger partial charge in [0.25, 0.3) is 5.91 Å². The Hall–Kier alpha value is -3.15. The van der Waals surface area contributed by atoms with E-state index in [0.717, 1.165) is 25.1 Å². The highest BCUT2D eigenvalue weighted by molar-refractivity contribution is 6.04. The molecule has 0 aliphatic carbocycles. The van der Waals surface area contributed by atoms with E-state index in [-0.39, 0.29) is 11.8 Å². The Morgan fingerprint density at radius 1 is 1.32 bits per heavy atom. The van der Waals surface area contributed by atoms with Crippen LogP contribution >= 0.6 is 0 Å². The summed E-state index contributed by atoms with van der Waals surface area (Å²) < 4.78 is 5.34. The largest absolute Gasteiger partial charge is 0.478 e. The van der Waals surface area contributed by atoms with Gasteiger partial charge >= 0.3 is 0 Å². The SMILES string of the molecule is C=CC(=O)N1CCCC(c2ccc(NC(=O)c3ccnc(OCC)c3)cc2)C1. The lowest BCUT2D eigenvalue weighted by Crippen LogP contribution is -2.38. The molecule has 1 aromatic heterocycles. The Morgan fingerprint density at radius 3 is 2.82 bits per heavy atom. The predicted octanol–water partition coefficient (Wildman–Crippen LogP) is 3.62. The summed E-state index contributed by atoms with van der Waals surface area (Å²) in [5, 5.41) is 2.89. The molecule has 1 saturated heterocycles. The summed E-state index contributed by atoms with van der Waals surface area (Å²) in [7, 11) is 0. The number of rotatable bonds is 6. The Labute approximate surface area is 165 Å². The molecule has 1 aliphatic heterocycles. The molecule has 1 unspecified atom stereocenters. The van der Waals surface area contributed by atoms with Crippen molar-refractivity contribution in [3.63, 3.8) is 0 Å². The number of anilines is 1. The van der Waals surface area contributed by atoms with Gasteiger partial charge in [0.05, 0.1) is 6.61 Å². The van der Waals surface area contributed by atoms with E-state index < -0.39 is 0 Å². The topological polar surface area (TPSA) is 71.5 Å². The average Bonchev–Trinajstić information content (AvgIpc) is 2.74. The van der Waals surface area contributed by atoms with E-state index in [1.807, 2.05) is 36.1 Å². The van der Waals surface area contributed by atoms with Gasteiger partial charge in [-0.1, -0.05) is 18.7 Å². The summed E-state index contributed by atoms with van der Waals surface area (Å²) >= 11 is 0. The van der Waals surface area contributed by atoms with Crippen molar-refractivity contribution in [3.05, 3.63) is 66.4 Å². The minimum Gasteiger partial charge on any atom is -0.478 e. The fourth-order valence-corrected chi connectivity index (χ4v) is 3.40. The van der Waals surface area contributed by atoms with Crippen LogP contribution in [0.4, 0.5) is 5.69 Å². The maximum Gasteiger partial charge on any atom is 0.255 e. The number of aromatic nitrogens is 1. The molecule has 1 N–H and O–H groups in total. The molecule has 1 atom stereocenters. The third kappa shape index (κ3) is 4.76. The monoisotopic (exact) mass is 379 g/mol. The molecule has 6 heteroatoms. The molecule has 0 bridgehead atoms. The van der Waals surface area contributed by atoms with Crippen molar-refractivity contribution in [2.24, 2.45) is 0 Å². The molecule has 0 spiro atoms. The van der Waals surface area contributed by atoms with Crippen molar-refractivity contribution in [3.8, 4) is 5.88 Å². The number of amides is 2. The van der Waals surface area contributed by atoms with E-state index >= 15 is 0 Å². The normalized spacial score (nSPS) is 16.3. The zero-order chi connectivity index (χ0) is 19.9. The molecule has 2 heterocycles. The highest BCUT2D eigenvalue weighted by Gasteiger charge is 2.23. The Kier molecular flexibility index (Phi) is 6.42. The van der Waals surface area contributed by atoms with Gasteiger partial charge in [0.2, 0.25) is 11.8 Å². The highest BCUT2D eigenvalue weighted by Crippen LogP contribution is 2.28. The number of carbonyl (C=O) groups excluding carboxylic acids is 2. The maximum absolute atomic E-state index is 12.5. The van der Waals surface area contributed by atoms with Gasteiger partial charge in [0, 0.05) is 42.5 Å². The van der Waals surface area contributed by atoms with Crippen LogP contribution in [0.15, 0.2) is 55.3 Å². The number of hydrogen-bond donors (Lipinski definition) is 1. The molecule has 2 amide bonds. The van der Waals surface area contributed by atoms with Gasteiger partial charge in [-0.15, -0.1) is 0 Å². The first-order valence-corrected chi connectivity index (χ1v) is 9.52. The zero-order valence-electron chi connectivity index (χ0n) is 16.1. The van der Waals surface area contributed by atoms with Crippen molar-refractivity contribution < 1.29 is 14.3 Å². The number of benzene rings is 1. The predicted molar refractivity (Wildman–Crippen MR) is 109 cm³/mol. The van der Waals surface area contributed by atoms with Crippen LogP contribution < -0.4 is 10.1 Å². The minimum absolute atomic E-state index is 0.0163. The molecule has 0 radical (unpaired) electrons. The fourth-order valence-electron chi connectivity index (χ4n) is 3.40. The zero-order valence-corrected chi connectivity index (χ0v) is 16.1. The van der Waals surface area contributed by atoms with Crippen LogP contribution in [0.25, 0.3) is 0 Å². The van der Waals surface area contributed by atoms with Gasteiger partial charge in [0.1, 0.15) is 0 Å². The van der Waals surface area contributed by atoms with Crippen LogP contribution in [0.2, 0.25) is 0 Å². The molecule has 1 fully saturated rings. The van der Waals surface area contributed by atoms with Crippen LogP contribution in [-0.4, -0.2) is 41.4 Å². The lowest BCUT2D eigenvalue weighted by molar-refractivity contribution is -0.127. The lowest BCUT2D eigenvalue weighted by atomic mass is 9.90. The van der Waals surface area contributed by atoms with Crippen molar-refractivity contribution in [2.75, 3.05) is 25.0 Å². The Bertz CT molecular complexity index is 848. The first kappa shape index (κ1) is 19.6. The van der Waals surface area contributed by atoms with Gasteiger partial charge in [-0.05, 0) is 49.6 Å². The van der Waals surface area contributed by atoms with E-state index in [9.17, 15) is 9.59 Å². The summed E-state index contributed by atoms with van der Waals surface area (Å²) in [4.78, 5) is 30.2. The average molecular weight is 379 g/mol. The van der Waals surface area contributed by atoms with Crippen LogP contribution in [0.5, 0.6) is 5.88 Å². The molecular weight excluding hydrogens is 354 g/mol. The summed E-state index contributed by atoms with van der Waals surface area (Å²) in [6.07, 6.45) is 4.95. The maximum atomic E-state index is 12.5. The van der Waals surface area contributed by atoms with Crippen molar-refractivity contribution in [2.45, 2.75) is 25.7 Å². The molecular formula is C22H25N3O3. The van der Waals surface area contributed by atoms with Crippen molar-refractivity contribution >= 4 is 17.5 Å². The molecule has 28 heavy (non-hydrogen) atoms. The van der Waals surface area contributed by atoms with E-state index in [1.165, 1.54) is 11.6 Å². The van der Waals surface area contributed by atoms with E-state index in [4.69, 9.17) is 4.74 Å². The summed E-state index contributed by atoms with van der Waals surface area (Å²) in [5.74, 6) is 0.506. The lowest BCUT2D eigenvalue weighted by Gasteiger charge is -2.32. The van der Waals surface area contributed by atoms with Gasteiger partial charge in [-0.2, -0.15) is 0 Å². The molecule has 1 aromatic carbocycles. The smallest absolute Gasteiger partial charge is 0.255 e. The summed E-state index contributed by atoms with van der Waals surface area (Å²) in [5.41, 5.74) is 2.38. The van der Waals surface area contributed by atoms with Crippen LogP contribution in [0.1, 0.15) is 41.6 Å². The number of carbonyl (C=O) groups is 2. The van der Waals surface area contributed by atoms with Gasteiger partial charge in [0.15, 0.2) is 0 Å². The van der Waals surface area contributed by atoms with E-state index in [2.05, 4.69) is 16.9 Å². The number of nitrogens with zero attached hydrogens (tertiary/aromatic N) is 2. The van der Waals surface area contributed by atoms with Crippen molar-refractivity contribution in [1.82, 2.24) is 9.88 Å². The molecule has 2 aromatic rings. The van der Waals surface area contributed by atoms with Gasteiger partial charge < -0.3 is 15.0 Å². The second-order valence-corrected chi connectivity index (χ2v) is 6.72. The second kappa shape index (κ2) is 9.17. The highest BCUT2D eigenvalue weighted by atomic mass is 16.5. The standard InChI is InChI=1S/C22H25N3O3/c1-3-21(26)25-13-5-6-18(15-25)16-7-9-19(10-8-16)24-22(27)17-11-12-23-20(14-17)28-4-2/h3,7-12,14,18H,1,4-6,13,15H2,2H3,(H,24,27). The van der Waals surface area contributed by atoms with Crippen LogP contribution in [0.3, 0.4) is 0 Å². The third-order valence-corrected chi connectivity index (χ3v) is 4.84. The number of likely N-dealkylation sites (tertiary alicyclic amines) is 1. The van der Waals surface area contributed by atoms with E-state index in [1.54, 1.807) is 18.3 Å². The second-order valence-electron chi connectivity index (χ2n) is 6.72. The molecule has 0 saturated carbocycles. The molecule has 146 valence electrons. The summed E-state index contributed by atoms with van der Waals surface area (Å²) in [6.45, 7) is 7.42. The summed E-state index contributed by atoms with van der Waals surface area (Å²) in [6, 6.07) is 11.1. The fraction of sp³-hybridized carbons (Fsp3) is 0.318.